The van der Waals surface area contributed by atoms with Gasteiger partial charge in [-0.3, -0.25) is 4.90 Å². The zero-order valence-corrected chi connectivity index (χ0v) is 8.89. The Morgan fingerprint density at radius 3 is 1.92 bits per heavy atom. The second kappa shape index (κ2) is 4.47. The highest BCUT2D eigenvalue weighted by molar-refractivity contribution is 4.95. The molecule has 0 fully saturated rings. The molecule has 0 aromatic carbocycles. The first kappa shape index (κ1) is 11.4. The lowest BCUT2D eigenvalue weighted by atomic mass is 10.0. The number of rotatable bonds is 3. The summed E-state index contributed by atoms with van der Waals surface area (Å²) in [5, 5.41) is 8.90. The van der Waals surface area contributed by atoms with E-state index in [1.165, 1.54) is 0 Å². The van der Waals surface area contributed by atoms with Gasteiger partial charge in [0.1, 0.15) is 0 Å². The lowest BCUT2D eigenvalue weighted by molar-refractivity contribution is 0.113. The van der Waals surface area contributed by atoms with Gasteiger partial charge in [0.05, 0.1) is 12.1 Å². The molecule has 0 spiro atoms. The minimum Gasteiger partial charge on any atom is -0.283 e. The van der Waals surface area contributed by atoms with Crippen molar-refractivity contribution in [1.29, 1.82) is 5.26 Å². The highest BCUT2D eigenvalue weighted by atomic mass is 15.2. The predicted molar refractivity (Wildman–Crippen MR) is 51.8 cm³/mol. The molecule has 0 rings (SSSR count). The second-order valence-electron chi connectivity index (χ2n) is 4.01. The Morgan fingerprint density at radius 1 is 1.33 bits per heavy atom. The van der Waals surface area contributed by atoms with E-state index in [0.717, 1.165) is 13.0 Å². The van der Waals surface area contributed by atoms with Gasteiger partial charge in [0.2, 0.25) is 0 Å². The zero-order valence-electron chi connectivity index (χ0n) is 8.89. The van der Waals surface area contributed by atoms with Crippen LogP contribution in [0.2, 0.25) is 0 Å². The van der Waals surface area contributed by atoms with Crippen LogP contribution in [0, 0.1) is 11.3 Å². The molecule has 0 aliphatic heterocycles. The van der Waals surface area contributed by atoms with E-state index in [0.29, 0.717) is 0 Å². The van der Waals surface area contributed by atoms with Gasteiger partial charge < -0.3 is 0 Å². The summed E-state index contributed by atoms with van der Waals surface area (Å²) in [5.74, 6) is 0. The Balaban J connectivity index is 4.45. The topological polar surface area (TPSA) is 27.0 Å². The minimum atomic E-state index is 0.0648. The summed E-state index contributed by atoms with van der Waals surface area (Å²) in [6.45, 7) is 11.5. The van der Waals surface area contributed by atoms with Crippen molar-refractivity contribution >= 4 is 0 Å². The van der Waals surface area contributed by atoms with Crippen LogP contribution in [0.4, 0.5) is 0 Å². The van der Waals surface area contributed by atoms with Crippen molar-refractivity contribution in [2.45, 2.75) is 52.6 Å². The predicted octanol–water partition coefficient (Wildman–Crippen LogP) is 2.41. The zero-order chi connectivity index (χ0) is 9.78. The molecule has 0 N–H and O–H groups in total. The largest absolute Gasteiger partial charge is 0.283 e. The van der Waals surface area contributed by atoms with Crippen LogP contribution >= 0.6 is 0 Å². The van der Waals surface area contributed by atoms with Gasteiger partial charge in [0.25, 0.3) is 0 Å². The second-order valence-corrected chi connectivity index (χ2v) is 4.01. The SMILES string of the molecule is CCC(C#N)N(CC)C(C)(C)C. The number of nitriles is 1. The summed E-state index contributed by atoms with van der Waals surface area (Å²) in [4.78, 5) is 2.23. The van der Waals surface area contributed by atoms with Crippen LogP contribution in [-0.2, 0) is 0 Å². The molecule has 0 heterocycles. The first-order chi connectivity index (χ1) is 5.47. The normalized spacial score (nSPS) is 14.4. The lowest BCUT2D eigenvalue weighted by Gasteiger charge is -2.37. The van der Waals surface area contributed by atoms with Gasteiger partial charge in [-0.2, -0.15) is 5.26 Å². The van der Waals surface area contributed by atoms with Crippen LogP contribution in [0.5, 0.6) is 0 Å². The number of hydrogen-bond donors (Lipinski definition) is 0. The maximum Gasteiger partial charge on any atom is 0.0979 e. The quantitative estimate of drug-likeness (QED) is 0.647. The van der Waals surface area contributed by atoms with E-state index in [9.17, 15) is 0 Å². The molecule has 0 saturated carbocycles. The first-order valence-electron chi connectivity index (χ1n) is 4.63. The van der Waals surface area contributed by atoms with E-state index in [1.54, 1.807) is 0 Å². The Labute approximate surface area is 76.2 Å². The Bertz CT molecular complexity index is 162. The highest BCUT2D eigenvalue weighted by Gasteiger charge is 2.25. The molecule has 0 aliphatic rings. The van der Waals surface area contributed by atoms with Crippen molar-refractivity contribution in [3.8, 4) is 6.07 Å². The Kier molecular flexibility index (Phi) is 4.26. The molecule has 1 unspecified atom stereocenters. The molecule has 70 valence electrons. The summed E-state index contributed by atoms with van der Waals surface area (Å²) < 4.78 is 0. The number of hydrogen-bond acceptors (Lipinski definition) is 2. The molecule has 0 aromatic rings. The van der Waals surface area contributed by atoms with Crippen LogP contribution in [0.3, 0.4) is 0 Å². The Morgan fingerprint density at radius 2 is 1.83 bits per heavy atom. The average Bonchev–Trinajstić information content (AvgIpc) is 1.97. The summed E-state index contributed by atoms with van der Waals surface area (Å²) in [7, 11) is 0. The van der Waals surface area contributed by atoms with Gasteiger partial charge >= 0.3 is 0 Å². The molecule has 0 bridgehead atoms. The van der Waals surface area contributed by atoms with Crippen molar-refractivity contribution in [2.24, 2.45) is 0 Å². The molecule has 0 saturated heterocycles. The van der Waals surface area contributed by atoms with Crippen LogP contribution in [0.15, 0.2) is 0 Å². The van der Waals surface area contributed by atoms with E-state index in [4.69, 9.17) is 5.26 Å². The molecule has 1 atom stereocenters. The fourth-order valence-corrected chi connectivity index (χ4v) is 1.54. The van der Waals surface area contributed by atoms with Crippen LogP contribution in [0.1, 0.15) is 41.0 Å². The number of nitrogens with zero attached hydrogens (tertiary/aromatic N) is 2. The van der Waals surface area contributed by atoms with Gasteiger partial charge in [-0.1, -0.05) is 13.8 Å². The van der Waals surface area contributed by atoms with E-state index >= 15 is 0 Å². The molecule has 12 heavy (non-hydrogen) atoms. The third-order valence-electron chi connectivity index (χ3n) is 2.11. The van der Waals surface area contributed by atoms with Crippen molar-refractivity contribution in [3.63, 3.8) is 0 Å². The third-order valence-corrected chi connectivity index (χ3v) is 2.11. The summed E-state index contributed by atoms with van der Waals surface area (Å²) in [5.41, 5.74) is 0.102. The standard InChI is InChI=1S/C10H20N2/c1-6-9(8-11)12(7-2)10(3,4)5/h9H,6-7H2,1-5H3. The first-order valence-corrected chi connectivity index (χ1v) is 4.63. The van der Waals surface area contributed by atoms with Gasteiger partial charge in [-0.05, 0) is 33.7 Å². The minimum absolute atomic E-state index is 0.0648. The molecule has 0 radical (unpaired) electrons. The van der Waals surface area contributed by atoms with Crippen LogP contribution in [0.25, 0.3) is 0 Å². The van der Waals surface area contributed by atoms with Gasteiger partial charge in [0.15, 0.2) is 0 Å². The monoisotopic (exact) mass is 168 g/mol. The van der Waals surface area contributed by atoms with Crippen molar-refractivity contribution in [3.05, 3.63) is 0 Å². The fraction of sp³-hybridized carbons (Fsp3) is 0.900. The molecule has 0 aliphatic carbocycles. The van der Waals surface area contributed by atoms with Crippen LogP contribution in [-0.4, -0.2) is 23.0 Å². The summed E-state index contributed by atoms with van der Waals surface area (Å²) in [6.07, 6.45) is 0.904. The van der Waals surface area contributed by atoms with E-state index in [1.807, 2.05) is 0 Å². The molecule has 0 aromatic heterocycles. The summed E-state index contributed by atoms with van der Waals surface area (Å²) >= 11 is 0. The third kappa shape index (κ3) is 2.83. The van der Waals surface area contributed by atoms with Crippen molar-refractivity contribution in [2.75, 3.05) is 6.54 Å². The lowest BCUT2D eigenvalue weighted by Crippen LogP contribution is -2.47. The molecular weight excluding hydrogens is 148 g/mol. The van der Waals surface area contributed by atoms with Gasteiger partial charge in [0, 0.05) is 5.54 Å². The Hall–Kier alpha value is -0.550. The average molecular weight is 168 g/mol. The maximum absolute atomic E-state index is 8.90. The van der Waals surface area contributed by atoms with Crippen molar-refractivity contribution < 1.29 is 0 Å². The van der Waals surface area contributed by atoms with Crippen LogP contribution < -0.4 is 0 Å². The smallest absolute Gasteiger partial charge is 0.0979 e. The molecule has 2 nitrogen and oxygen atoms in total. The van der Waals surface area contributed by atoms with E-state index in [-0.39, 0.29) is 11.6 Å². The molecule has 0 amide bonds. The summed E-state index contributed by atoms with van der Waals surface area (Å²) in [6, 6.07) is 2.40. The van der Waals surface area contributed by atoms with Gasteiger partial charge in [-0.25, -0.2) is 0 Å². The molecule has 2 heteroatoms. The van der Waals surface area contributed by atoms with E-state index < -0.39 is 0 Å². The highest BCUT2D eigenvalue weighted by Crippen LogP contribution is 2.17. The maximum atomic E-state index is 8.90. The van der Waals surface area contributed by atoms with Crippen molar-refractivity contribution in [1.82, 2.24) is 4.90 Å². The molecular formula is C10H20N2. The van der Waals surface area contributed by atoms with Gasteiger partial charge in [-0.15, -0.1) is 0 Å². The fourth-order valence-electron chi connectivity index (χ4n) is 1.54. The van der Waals surface area contributed by atoms with E-state index in [2.05, 4.69) is 45.6 Å².